The molecule has 0 spiro atoms. The van der Waals surface area contributed by atoms with Crippen LogP contribution in [0.25, 0.3) is 0 Å². The Bertz CT molecular complexity index is 899. The predicted molar refractivity (Wildman–Crippen MR) is 141 cm³/mol. The van der Waals surface area contributed by atoms with Crippen molar-refractivity contribution in [3.05, 3.63) is 59.7 Å². The van der Waals surface area contributed by atoms with Gasteiger partial charge in [-0.05, 0) is 56.0 Å². The monoisotopic (exact) mass is 551 g/mol. The number of hydrogen-bond acceptors (Lipinski definition) is 3. The Hall–Kier alpha value is -2.49. The first kappa shape index (κ1) is 25.8. The number of halogens is 1. The molecule has 0 aromatic heterocycles. The number of anilines is 1. The smallest absolute Gasteiger partial charge is 0.321 e. The van der Waals surface area contributed by atoms with Crippen LogP contribution in [0.1, 0.15) is 30.9 Å². The van der Waals surface area contributed by atoms with E-state index in [-0.39, 0.29) is 36.1 Å². The van der Waals surface area contributed by atoms with Gasteiger partial charge in [0, 0.05) is 32.4 Å². The fraction of sp³-hybridized carbons (Fsp3) is 0.417. The molecule has 3 N–H and O–H groups in total. The molecule has 2 aromatic rings. The van der Waals surface area contributed by atoms with Gasteiger partial charge >= 0.3 is 6.03 Å². The van der Waals surface area contributed by atoms with E-state index in [4.69, 9.17) is 4.74 Å². The summed E-state index contributed by atoms with van der Waals surface area (Å²) in [6.07, 6.45) is 2.15. The summed E-state index contributed by atoms with van der Waals surface area (Å²) in [7, 11) is 1.74. The topological polar surface area (TPSA) is 78.0 Å². The van der Waals surface area contributed by atoms with E-state index < -0.39 is 0 Å². The summed E-state index contributed by atoms with van der Waals surface area (Å²) in [6.45, 7) is 6.96. The first-order valence-electron chi connectivity index (χ1n) is 10.9. The van der Waals surface area contributed by atoms with Crippen molar-refractivity contribution in [1.29, 1.82) is 0 Å². The minimum absolute atomic E-state index is 0. The average molecular weight is 551 g/mol. The highest BCUT2D eigenvalue weighted by atomic mass is 127. The van der Waals surface area contributed by atoms with Crippen LogP contribution in [0, 0.1) is 6.92 Å². The summed E-state index contributed by atoms with van der Waals surface area (Å²) in [5.74, 6) is 1.60. The van der Waals surface area contributed by atoms with Gasteiger partial charge < -0.3 is 25.6 Å². The van der Waals surface area contributed by atoms with Gasteiger partial charge in [-0.15, -0.1) is 24.0 Å². The van der Waals surface area contributed by atoms with Gasteiger partial charge in [-0.3, -0.25) is 4.99 Å². The van der Waals surface area contributed by atoms with Gasteiger partial charge in [-0.25, -0.2) is 4.79 Å². The zero-order valence-electron chi connectivity index (χ0n) is 19.1. The normalized spacial score (nSPS) is 14.3. The quantitative estimate of drug-likeness (QED) is 0.271. The van der Waals surface area contributed by atoms with Crippen molar-refractivity contribution >= 4 is 41.7 Å². The molecule has 8 heteroatoms. The van der Waals surface area contributed by atoms with Crippen LogP contribution in [0.3, 0.4) is 0 Å². The minimum atomic E-state index is -0.0253. The van der Waals surface area contributed by atoms with E-state index in [2.05, 4.69) is 20.9 Å². The number of amides is 2. The van der Waals surface area contributed by atoms with Gasteiger partial charge in [-0.2, -0.15) is 0 Å². The number of guanidine groups is 1. The minimum Gasteiger partial charge on any atom is -0.489 e. The number of likely N-dealkylation sites (tertiary alicyclic amines) is 1. The molecule has 2 aromatic carbocycles. The van der Waals surface area contributed by atoms with Crippen LogP contribution in [0.2, 0.25) is 0 Å². The largest absolute Gasteiger partial charge is 0.489 e. The van der Waals surface area contributed by atoms with E-state index in [1.165, 1.54) is 0 Å². The Labute approximate surface area is 208 Å². The molecule has 1 unspecified atom stereocenters. The SMILES string of the molecule is CN=C(NCc1cccc(NC(=O)N2CCCC2)c1)NCC(C)Oc1ccccc1C.I. The van der Waals surface area contributed by atoms with Crippen molar-refractivity contribution < 1.29 is 9.53 Å². The zero-order valence-corrected chi connectivity index (χ0v) is 21.4. The molecule has 3 rings (SSSR count). The number of hydrogen-bond donors (Lipinski definition) is 3. The number of aliphatic imine (C=N–C) groups is 1. The Morgan fingerprint density at radius 2 is 1.88 bits per heavy atom. The van der Waals surface area contributed by atoms with E-state index in [0.717, 1.165) is 48.5 Å². The molecule has 1 atom stereocenters. The Morgan fingerprint density at radius 1 is 1.12 bits per heavy atom. The van der Waals surface area contributed by atoms with Crippen LogP contribution < -0.4 is 20.7 Å². The predicted octanol–water partition coefficient (Wildman–Crippen LogP) is 4.37. The van der Waals surface area contributed by atoms with E-state index in [1.807, 2.05) is 67.3 Å². The van der Waals surface area contributed by atoms with Gasteiger partial charge in [0.25, 0.3) is 0 Å². The average Bonchev–Trinajstić information content (AvgIpc) is 3.31. The van der Waals surface area contributed by atoms with Crippen molar-refractivity contribution in [3.63, 3.8) is 0 Å². The number of rotatable bonds is 7. The highest BCUT2D eigenvalue weighted by Crippen LogP contribution is 2.17. The maximum absolute atomic E-state index is 12.3. The molecule has 1 aliphatic heterocycles. The van der Waals surface area contributed by atoms with Crippen molar-refractivity contribution in [2.24, 2.45) is 4.99 Å². The molecule has 0 bridgehead atoms. The van der Waals surface area contributed by atoms with E-state index in [1.54, 1.807) is 7.05 Å². The summed E-state index contributed by atoms with van der Waals surface area (Å²) in [5.41, 5.74) is 2.99. The third-order valence-electron chi connectivity index (χ3n) is 5.23. The summed E-state index contributed by atoms with van der Waals surface area (Å²) in [5, 5.41) is 9.60. The molecule has 1 fully saturated rings. The Balaban J connectivity index is 0.00000363. The molecular formula is C24H34IN5O2. The Morgan fingerprint density at radius 3 is 2.59 bits per heavy atom. The summed E-state index contributed by atoms with van der Waals surface area (Å²) < 4.78 is 6.01. The molecule has 174 valence electrons. The molecule has 0 saturated carbocycles. The first-order valence-corrected chi connectivity index (χ1v) is 10.9. The number of nitrogens with one attached hydrogen (secondary N) is 3. The number of carbonyl (C=O) groups excluding carboxylic acids is 1. The zero-order chi connectivity index (χ0) is 22.1. The lowest BCUT2D eigenvalue weighted by atomic mass is 10.2. The Kier molecular flexibility index (Phi) is 10.6. The highest BCUT2D eigenvalue weighted by Gasteiger charge is 2.17. The molecule has 32 heavy (non-hydrogen) atoms. The molecule has 2 amide bonds. The number of aryl methyl sites for hydroxylation is 1. The van der Waals surface area contributed by atoms with Crippen LogP contribution in [0.5, 0.6) is 5.75 Å². The lowest BCUT2D eigenvalue weighted by Crippen LogP contribution is -2.41. The summed E-state index contributed by atoms with van der Waals surface area (Å²) in [4.78, 5) is 18.4. The lowest BCUT2D eigenvalue weighted by molar-refractivity contribution is 0.222. The molecule has 0 aliphatic carbocycles. The van der Waals surface area contributed by atoms with Gasteiger partial charge in [0.1, 0.15) is 11.9 Å². The number of para-hydroxylation sites is 1. The number of ether oxygens (including phenoxy) is 1. The molecule has 1 saturated heterocycles. The van der Waals surface area contributed by atoms with Crippen LogP contribution in [-0.2, 0) is 6.54 Å². The van der Waals surface area contributed by atoms with Crippen LogP contribution in [0.15, 0.2) is 53.5 Å². The van der Waals surface area contributed by atoms with Crippen molar-refractivity contribution in [2.75, 3.05) is 32.0 Å². The molecule has 7 nitrogen and oxygen atoms in total. The second-order valence-corrected chi connectivity index (χ2v) is 7.83. The second kappa shape index (κ2) is 13.1. The van der Waals surface area contributed by atoms with E-state index in [0.29, 0.717) is 19.0 Å². The maximum atomic E-state index is 12.3. The number of carbonyl (C=O) groups is 1. The fourth-order valence-electron chi connectivity index (χ4n) is 3.48. The van der Waals surface area contributed by atoms with Crippen LogP contribution in [-0.4, -0.2) is 49.7 Å². The van der Waals surface area contributed by atoms with Gasteiger partial charge in [-0.1, -0.05) is 30.3 Å². The van der Waals surface area contributed by atoms with Gasteiger partial charge in [0.2, 0.25) is 0 Å². The lowest BCUT2D eigenvalue weighted by Gasteiger charge is -2.19. The van der Waals surface area contributed by atoms with Crippen molar-refractivity contribution in [1.82, 2.24) is 15.5 Å². The van der Waals surface area contributed by atoms with Gasteiger partial charge in [0.15, 0.2) is 5.96 Å². The molecule has 0 radical (unpaired) electrons. The third kappa shape index (κ3) is 7.89. The molecule has 1 heterocycles. The number of urea groups is 1. The first-order chi connectivity index (χ1) is 15.0. The van der Waals surface area contributed by atoms with E-state index in [9.17, 15) is 4.79 Å². The summed E-state index contributed by atoms with van der Waals surface area (Å²) in [6, 6.07) is 15.8. The van der Waals surface area contributed by atoms with E-state index >= 15 is 0 Å². The van der Waals surface area contributed by atoms with Gasteiger partial charge in [0.05, 0.1) is 6.54 Å². The van der Waals surface area contributed by atoms with Crippen LogP contribution >= 0.6 is 24.0 Å². The maximum Gasteiger partial charge on any atom is 0.321 e. The van der Waals surface area contributed by atoms with Crippen LogP contribution in [0.4, 0.5) is 10.5 Å². The standard InChI is InChI=1S/C24H33N5O2.HI/c1-18-9-4-5-12-22(18)31-19(2)16-26-23(25-3)27-17-20-10-8-11-21(15-20)28-24(30)29-13-6-7-14-29;/h4-5,8-12,15,19H,6-7,13-14,16-17H2,1-3H3,(H,28,30)(H2,25,26,27);1H. The van der Waals surface area contributed by atoms with Crippen molar-refractivity contribution in [3.8, 4) is 5.75 Å². The highest BCUT2D eigenvalue weighted by molar-refractivity contribution is 14.0. The number of nitrogens with zero attached hydrogens (tertiary/aromatic N) is 2. The fourth-order valence-corrected chi connectivity index (χ4v) is 3.48. The summed E-state index contributed by atoms with van der Waals surface area (Å²) >= 11 is 0. The second-order valence-electron chi connectivity index (χ2n) is 7.83. The molecule has 1 aliphatic rings. The van der Waals surface area contributed by atoms with Crippen molar-refractivity contribution in [2.45, 2.75) is 39.3 Å². The molecular weight excluding hydrogens is 517 g/mol. The third-order valence-corrected chi connectivity index (χ3v) is 5.23. The number of benzene rings is 2.